The number of likely N-dealkylation sites (tertiary alicyclic amines) is 1. The molecule has 86 valence electrons. The van der Waals surface area contributed by atoms with Crippen molar-refractivity contribution in [3.63, 3.8) is 0 Å². The van der Waals surface area contributed by atoms with Crippen molar-refractivity contribution in [1.82, 2.24) is 4.90 Å². The molecule has 15 heavy (non-hydrogen) atoms. The number of carboxylic acid groups (broad SMARTS) is 1. The summed E-state index contributed by atoms with van der Waals surface area (Å²) < 4.78 is 13.5. The molecule has 1 fully saturated rings. The second kappa shape index (κ2) is 3.47. The summed E-state index contributed by atoms with van der Waals surface area (Å²) in [7, 11) is 0. The van der Waals surface area contributed by atoms with Crippen LogP contribution in [0.1, 0.15) is 33.6 Å². The molecule has 1 aliphatic rings. The first-order chi connectivity index (χ1) is 6.69. The number of alkyl halides is 1. The molecule has 1 saturated heterocycles. The third-order valence-corrected chi connectivity index (χ3v) is 2.86. The third kappa shape index (κ3) is 1.96. The molecule has 1 atom stereocenters. The number of carboxylic acids is 1. The van der Waals surface area contributed by atoms with Crippen molar-refractivity contribution >= 4 is 11.9 Å². The summed E-state index contributed by atoms with van der Waals surface area (Å²) in [6, 6.07) is 0. The Labute approximate surface area is 88.1 Å². The van der Waals surface area contributed by atoms with E-state index < -0.39 is 23.1 Å². The van der Waals surface area contributed by atoms with Gasteiger partial charge in [-0.05, 0) is 33.6 Å². The van der Waals surface area contributed by atoms with E-state index in [0.717, 1.165) is 18.7 Å². The highest BCUT2D eigenvalue weighted by molar-refractivity contribution is 5.91. The van der Waals surface area contributed by atoms with Crippen molar-refractivity contribution < 1.29 is 19.1 Å². The number of hydrogen-bond acceptors (Lipinski definition) is 2. The van der Waals surface area contributed by atoms with Crippen LogP contribution >= 0.6 is 0 Å². The van der Waals surface area contributed by atoms with E-state index in [9.17, 15) is 14.0 Å². The number of aliphatic carboxylic acids is 1. The number of hydrogen-bond donors (Lipinski definition) is 1. The Balaban J connectivity index is 2.96. The van der Waals surface area contributed by atoms with Crippen LogP contribution in [0.25, 0.3) is 0 Å². The van der Waals surface area contributed by atoms with E-state index in [1.165, 1.54) is 6.92 Å². The SMILES string of the molecule is CC(C)(F)C(=O)N1CCCC1(C)C(=O)O. The first kappa shape index (κ1) is 11.9. The largest absolute Gasteiger partial charge is 0.480 e. The predicted octanol–water partition coefficient (Wildman–Crippen LogP) is 1.20. The molecule has 0 saturated carbocycles. The molecule has 1 amide bonds. The van der Waals surface area contributed by atoms with Gasteiger partial charge in [0.05, 0.1) is 0 Å². The van der Waals surface area contributed by atoms with Crippen LogP contribution in [0.2, 0.25) is 0 Å². The Morgan fingerprint density at radius 2 is 2.00 bits per heavy atom. The lowest BCUT2D eigenvalue weighted by atomic mass is 9.97. The van der Waals surface area contributed by atoms with E-state index >= 15 is 0 Å². The first-order valence-corrected chi connectivity index (χ1v) is 4.94. The molecule has 1 heterocycles. The van der Waals surface area contributed by atoms with Crippen molar-refractivity contribution in [2.75, 3.05) is 6.54 Å². The number of halogens is 1. The minimum absolute atomic E-state index is 0.314. The van der Waals surface area contributed by atoms with Gasteiger partial charge in [0.15, 0.2) is 5.67 Å². The van der Waals surface area contributed by atoms with Crippen molar-refractivity contribution in [2.24, 2.45) is 0 Å². The lowest BCUT2D eigenvalue weighted by molar-refractivity contribution is -0.159. The highest BCUT2D eigenvalue weighted by atomic mass is 19.1. The second-order valence-corrected chi connectivity index (χ2v) is 4.61. The van der Waals surface area contributed by atoms with E-state index in [1.807, 2.05) is 0 Å². The second-order valence-electron chi connectivity index (χ2n) is 4.61. The Hall–Kier alpha value is -1.13. The number of carbonyl (C=O) groups excluding carboxylic acids is 1. The molecule has 0 radical (unpaired) electrons. The van der Waals surface area contributed by atoms with Gasteiger partial charge >= 0.3 is 5.97 Å². The Morgan fingerprint density at radius 3 is 2.40 bits per heavy atom. The van der Waals surface area contributed by atoms with Crippen LogP contribution in [0.3, 0.4) is 0 Å². The van der Waals surface area contributed by atoms with E-state index in [0.29, 0.717) is 19.4 Å². The Morgan fingerprint density at radius 1 is 1.47 bits per heavy atom. The molecule has 1 rings (SSSR count). The summed E-state index contributed by atoms with van der Waals surface area (Å²) in [5, 5.41) is 9.04. The molecule has 1 N–H and O–H groups in total. The summed E-state index contributed by atoms with van der Waals surface area (Å²) in [5.41, 5.74) is -3.26. The van der Waals surface area contributed by atoms with E-state index in [1.54, 1.807) is 0 Å². The fraction of sp³-hybridized carbons (Fsp3) is 0.800. The van der Waals surface area contributed by atoms with Crippen LogP contribution < -0.4 is 0 Å². The fourth-order valence-corrected chi connectivity index (χ4v) is 1.83. The van der Waals surface area contributed by atoms with Gasteiger partial charge < -0.3 is 10.0 Å². The average molecular weight is 217 g/mol. The highest BCUT2D eigenvalue weighted by Crippen LogP contribution is 2.32. The minimum atomic E-state index is -2.01. The number of nitrogens with zero attached hydrogens (tertiary/aromatic N) is 1. The average Bonchev–Trinajstić information content (AvgIpc) is 2.45. The van der Waals surface area contributed by atoms with Gasteiger partial charge in [0.1, 0.15) is 5.54 Å². The molecule has 1 unspecified atom stereocenters. The fourth-order valence-electron chi connectivity index (χ4n) is 1.83. The van der Waals surface area contributed by atoms with Crippen molar-refractivity contribution in [2.45, 2.75) is 44.8 Å². The quantitative estimate of drug-likeness (QED) is 0.756. The molecule has 0 spiro atoms. The summed E-state index contributed by atoms with van der Waals surface area (Å²) in [6.07, 6.45) is 0.981. The predicted molar refractivity (Wildman–Crippen MR) is 52.2 cm³/mol. The number of carbonyl (C=O) groups is 2. The standard InChI is InChI=1S/C10H16FNO3/c1-9(2,11)7(13)12-6-4-5-10(12,3)8(14)15/h4-6H2,1-3H3,(H,14,15). The van der Waals surface area contributed by atoms with Crippen LogP contribution in [0.15, 0.2) is 0 Å². The lowest BCUT2D eigenvalue weighted by Crippen LogP contribution is -2.55. The molecule has 0 aromatic heterocycles. The summed E-state index contributed by atoms with van der Waals surface area (Å²) in [5.74, 6) is -1.82. The van der Waals surface area contributed by atoms with Gasteiger partial charge in [-0.1, -0.05) is 0 Å². The molecule has 0 bridgehead atoms. The first-order valence-electron chi connectivity index (χ1n) is 4.94. The smallest absolute Gasteiger partial charge is 0.329 e. The van der Waals surface area contributed by atoms with Crippen LogP contribution in [-0.4, -0.2) is 39.6 Å². The van der Waals surface area contributed by atoms with E-state index in [4.69, 9.17) is 5.11 Å². The van der Waals surface area contributed by atoms with Crippen molar-refractivity contribution in [3.05, 3.63) is 0 Å². The van der Waals surface area contributed by atoms with Crippen molar-refractivity contribution in [3.8, 4) is 0 Å². The van der Waals surface area contributed by atoms with Crippen molar-refractivity contribution in [1.29, 1.82) is 0 Å². The molecule has 1 aliphatic heterocycles. The van der Waals surface area contributed by atoms with Gasteiger partial charge in [-0.25, -0.2) is 9.18 Å². The third-order valence-electron chi connectivity index (χ3n) is 2.86. The Bertz CT molecular complexity index is 298. The van der Waals surface area contributed by atoms with Gasteiger partial charge in [-0.2, -0.15) is 0 Å². The number of rotatable bonds is 2. The van der Waals surface area contributed by atoms with Gasteiger partial charge in [-0.3, -0.25) is 4.79 Å². The van der Waals surface area contributed by atoms with E-state index in [-0.39, 0.29) is 0 Å². The Kier molecular flexibility index (Phi) is 2.76. The monoisotopic (exact) mass is 217 g/mol. The van der Waals surface area contributed by atoms with Gasteiger partial charge in [0.25, 0.3) is 5.91 Å². The summed E-state index contributed by atoms with van der Waals surface area (Å²) in [6.45, 7) is 4.08. The van der Waals surface area contributed by atoms with Crippen LogP contribution in [0.5, 0.6) is 0 Å². The zero-order valence-corrected chi connectivity index (χ0v) is 9.21. The maximum atomic E-state index is 13.5. The molecule has 5 heteroatoms. The van der Waals surface area contributed by atoms with Gasteiger partial charge in [-0.15, -0.1) is 0 Å². The number of amides is 1. The highest BCUT2D eigenvalue weighted by Gasteiger charge is 2.49. The molecule has 4 nitrogen and oxygen atoms in total. The lowest BCUT2D eigenvalue weighted by Gasteiger charge is -2.34. The van der Waals surface area contributed by atoms with E-state index in [2.05, 4.69) is 0 Å². The molecule has 0 aromatic rings. The molecule has 0 aliphatic carbocycles. The molecule has 0 aromatic carbocycles. The maximum absolute atomic E-state index is 13.5. The zero-order valence-electron chi connectivity index (χ0n) is 9.21. The topological polar surface area (TPSA) is 57.6 Å². The van der Waals surface area contributed by atoms with Gasteiger partial charge in [0.2, 0.25) is 0 Å². The zero-order chi connectivity index (χ0) is 11.9. The summed E-state index contributed by atoms with van der Waals surface area (Å²) in [4.78, 5) is 23.9. The normalized spacial score (nSPS) is 26.8. The minimum Gasteiger partial charge on any atom is -0.480 e. The summed E-state index contributed by atoms with van der Waals surface area (Å²) >= 11 is 0. The van der Waals surface area contributed by atoms with Crippen LogP contribution in [-0.2, 0) is 9.59 Å². The van der Waals surface area contributed by atoms with Crippen LogP contribution in [0, 0.1) is 0 Å². The van der Waals surface area contributed by atoms with Gasteiger partial charge in [0, 0.05) is 6.54 Å². The molecular formula is C10H16FNO3. The molecular weight excluding hydrogens is 201 g/mol. The van der Waals surface area contributed by atoms with Crippen LogP contribution in [0.4, 0.5) is 4.39 Å². The maximum Gasteiger partial charge on any atom is 0.329 e.